The van der Waals surface area contributed by atoms with E-state index in [1.54, 1.807) is 30.6 Å². The average Bonchev–Trinajstić information content (AvgIpc) is 2.38. The summed E-state index contributed by atoms with van der Waals surface area (Å²) in [7, 11) is 0. The summed E-state index contributed by atoms with van der Waals surface area (Å²) in [6.07, 6.45) is -3.60. The summed E-state index contributed by atoms with van der Waals surface area (Å²) < 4.78 is 43.6. The standard InChI is InChI=1S/C15H18F3N3O2/c1-14(2,3)23-13(22)21-8-10-11(21)7-20(10)12-6-9(4-5-19-12)15(16,17)18/h4-6,10-11H,7-8H2,1-3H3/t10-,11?/m1/s1. The van der Waals surface area contributed by atoms with Gasteiger partial charge in [-0.3, -0.25) is 4.90 Å². The number of carbonyl (C=O) groups is 1. The van der Waals surface area contributed by atoms with Crippen LogP contribution in [0.3, 0.4) is 0 Å². The predicted octanol–water partition coefficient (Wildman–Crippen LogP) is 2.91. The molecule has 8 heteroatoms. The number of likely N-dealkylation sites (tertiary alicyclic amines) is 1. The number of ether oxygens (including phenoxy) is 1. The highest BCUT2D eigenvalue weighted by atomic mass is 19.4. The van der Waals surface area contributed by atoms with Crippen molar-refractivity contribution in [3.05, 3.63) is 23.9 Å². The van der Waals surface area contributed by atoms with Gasteiger partial charge in [-0.05, 0) is 32.9 Å². The molecule has 2 aliphatic heterocycles. The van der Waals surface area contributed by atoms with E-state index in [9.17, 15) is 18.0 Å². The van der Waals surface area contributed by atoms with Crippen LogP contribution in [0.5, 0.6) is 0 Å². The van der Waals surface area contributed by atoms with E-state index >= 15 is 0 Å². The molecule has 2 fully saturated rings. The third-order valence-corrected chi connectivity index (χ3v) is 4.01. The summed E-state index contributed by atoms with van der Waals surface area (Å²) in [6, 6.07) is 2.00. The van der Waals surface area contributed by atoms with Crippen molar-refractivity contribution in [1.82, 2.24) is 9.88 Å². The molecule has 0 bridgehead atoms. The normalized spacial score (nSPS) is 23.7. The smallest absolute Gasteiger partial charge is 0.416 e. The van der Waals surface area contributed by atoms with Gasteiger partial charge in [0, 0.05) is 19.3 Å². The minimum atomic E-state index is -4.38. The first-order valence-electron chi connectivity index (χ1n) is 7.36. The lowest BCUT2D eigenvalue weighted by Crippen LogP contribution is -2.80. The van der Waals surface area contributed by atoms with Crippen molar-refractivity contribution in [3.63, 3.8) is 0 Å². The van der Waals surface area contributed by atoms with Gasteiger partial charge in [-0.2, -0.15) is 13.2 Å². The van der Waals surface area contributed by atoms with Crippen LogP contribution < -0.4 is 4.90 Å². The van der Waals surface area contributed by atoms with Crippen molar-refractivity contribution in [1.29, 1.82) is 0 Å². The average molecular weight is 329 g/mol. The van der Waals surface area contributed by atoms with Crippen molar-refractivity contribution in [2.24, 2.45) is 0 Å². The first-order chi connectivity index (χ1) is 10.6. The van der Waals surface area contributed by atoms with Crippen LogP contribution in [0.4, 0.5) is 23.8 Å². The number of fused-ring (bicyclic) bond motifs is 1. The second-order valence-electron chi connectivity index (χ2n) is 6.82. The molecule has 23 heavy (non-hydrogen) atoms. The number of alkyl halides is 3. The summed E-state index contributed by atoms with van der Waals surface area (Å²) in [5, 5.41) is 0. The number of aromatic nitrogens is 1. The van der Waals surface area contributed by atoms with E-state index in [4.69, 9.17) is 4.74 Å². The Bertz CT molecular complexity index is 627. The third-order valence-electron chi connectivity index (χ3n) is 4.01. The number of halogens is 3. The number of amides is 1. The fourth-order valence-corrected chi connectivity index (χ4v) is 2.80. The quantitative estimate of drug-likeness (QED) is 0.795. The number of nitrogens with zero attached hydrogens (tertiary/aromatic N) is 3. The van der Waals surface area contributed by atoms with Gasteiger partial charge in [-0.25, -0.2) is 9.78 Å². The maximum Gasteiger partial charge on any atom is 0.416 e. The van der Waals surface area contributed by atoms with Crippen molar-refractivity contribution >= 4 is 11.9 Å². The fraction of sp³-hybridized carbons (Fsp3) is 0.600. The Kier molecular flexibility index (Phi) is 3.46. The SMILES string of the molecule is CC(C)(C)OC(=O)N1C[C@@H]2C1CN2c1cc(C(F)(F)F)ccn1. The zero-order valence-electron chi connectivity index (χ0n) is 13.1. The van der Waals surface area contributed by atoms with Crippen LogP contribution in [0.1, 0.15) is 26.3 Å². The van der Waals surface area contributed by atoms with Crippen LogP contribution in [0.15, 0.2) is 18.3 Å². The number of rotatable bonds is 1. The van der Waals surface area contributed by atoms with Gasteiger partial charge in [0.05, 0.1) is 17.6 Å². The van der Waals surface area contributed by atoms with Crippen LogP contribution in [0.25, 0.3) is 0 Å². The molecule has 0 radical (unpaired) electrons. The molecule has 1 aromatic heterocycles. The molecule has 0 aromatic carbocycles. The van der Waals surface area contributed by atoms with Crippen LogP contribution in [-0.4, -0.2) is 46.8 Å². The van der Waals surface area contributed by atoms with E-state index in [0.717, 1.165) is 18.3 Å². The molecule has 2 atom stereocenters. The van der Waals surface area contributed by atoms with Gasteiger partial charge in [0.1, 0.15) is 11.4 Å². The topological polar surface area (TPSA) is 45.7 Å². The van der Waals surface area contributed by atoms with Crippen molar-refractivity contribution in [3.8, 4) is 0 Å². The number of hydrogen-bond acceptors (Lipinski definition) is 4. The zero-order chi connectivity index (χ0) is 17.0. The molecule has 1 aromatic rings. The van der Waals surface area contributed by atoms with Crippen molar-refractivity contribution < 1.29 is 22.7 Å². The molecule has 2 saturated heterocycles. The van der Waals surface area contributed by atoms with Gasteiger partial charge < -0.3 is 9.64 Å². The van der Waals surface area contributed by atoms with E-state index in [-0.39, 0.29) is 18.2 Å². The molecule has 0 N–H and O–H groups in total. The zero-order valence-corrected chi connectivity index (χ0v) is 13.1. The van der Waals surface area contributed by atoms with Crippen LogP contribution in [-0.2, 0) is 10.9 Å². The Labute approximate surface area is 132 Å². The maximum absolute atomic E-state index is 12.8. The van der Waals surface area contributed by atoms with Crippen LogP contribution >= 0.6 is 0 Å². The summed E-state index contributed by atoms with van der Waals surface area (Å²) in [5.41, 5.74) is -1.27. The molecule has 5 nitrogen and oxygen atoms in total. The minimum absolute atomic E-state index is 0.0125. The number of anilines is 1. The van der Waals surface area contributed by atoms with Gasteiger partial charge >= 0.3 is 12.3 Å². The molecule has 0 saturated carbocycles. The highest BCUT2D eigenvalue weighted by molar-refractivity contribution is 5.72. The van der Waals surface area contributed by atoms with Gasteiger partial charge in [-0.1, -0.05) is 0 Å². The van der Waals surface area contributed by atoms with Crippen LogP contribution in [0.2, 0.25) is 0 Å². The Hall–Kier alpha value is -1.99. The van der Waals surface area contributed by atoms with Gasteiger partial charge in [0.15, 0.2) is 0 Å². The van der Waals surface area contributed by atoms with Gasteiger partial charge in [-0.15, -0.1) is 0 Å². The molecule has 1 amide bonds. The number of hydrogen-bond donors (Lipinski definition) is 0. The Morgan fingerprint density at radius 1 is 1.26 bits per heavy atom. The molecule has 0 spiro atoms. The van der Waals surface area contributed by atoms with E-state index in [1.807, 2.05) is 0 Å². The lowest BCUT2D eigenvalue weighted by Gasteiger charge is -2.61. The monoisotopic (exact) mass is 329 g/mol. The van der Waals surface area contributed by atoms with E-state index in [1.165, 1.54) is 0 Å². The summed E-state index contributed by atoms with van der Waals surface area (Å²) in [4.78, 5) is 19.4. The molecule has 3 rings (SSSR count). The summed E-state index contributed by atoms with van der Waals surface area (Å²) >= 11 is 0. The Balaban J connectivity index is 1.63. The molecular formula is C15H18F3N3O2. The fourth-order valence-electron chi connectivity index (χ4n) is 2.80. The number of piperazine rings is 1. The number of pyridine rings is 1. The van der Waals surface area contributed by atoms with Crippen molar-refractivity contribution in [2.45, 2.75) is 44.6 Å². The lowest BCUT2D eigenvalue weighted by molar-refractivity contribution is -0.137. The molecule has 2 aliphatic rings. The first-order valence-corrected chi connectivity index (χ1v) is 7.36. The summed E-state index contributed by atoms with van der Waals surface area (Å²) in [5.74, 6) is 0.296. The third kappa shape index (κ3) is 2.94. The predicted molar refractivity (Wildman–Crippen MR) is 77.1 cm³/mol. The molecule has 126 valence electrons. The lowest BCUT2D eigenvalue weighted by atomic mass is 9.86. The highest BCUT2D eigenvalue weighted by Crippen LogP contribution is 2.39. The molecule has 0 aliphatic carbocycles. The summed E-state index contributed by atoms with van der Waals surface area (Å²) in [6.45, 7) is 6.29. The van der Waals surface area contributed by atoms with E-state index in [0.29, 0.717) is 18.9 Å². The van der Waals surface area contributed by atoms with Crippen LogP contribution in [0, 0.1) is 0 Å². The number of carbonyl (C=O) groups excluding carboxylic acids is 1. The first kappa shape index (κ1) is 15.9. The van der Waals surface area contributed by atoms with Gasteiger partial charge in [0.25, 0.3) is 0 Å². The molecule has 1 unspecified atom stereocenters. The second-order valence-corrected chi connectivity index (χ2v) is 6.82. The minimum Gasteiger partial charge on any atom is -0.444 e. The highest BCUT2D eigenvalue weighted by Gasteiger charge is 2.55. The van der Waals surface area contributed by atoms with Crippen molar-refractivity contribution in [2.75, 3.05) is 18.0 Å². The van der Waals surface area contributed by atoms with E-state index in [2.05, 4.69) is 4.98 Å². The largest absolute Gasteiger partial charge is 0.444 e. The molecule has 3 heterocycles. The Morgan fingerprint density at radius 2 is 1.96 bits per heavy atom. The maximum atomic E-state index is 12.8. The Morgan fingerprint density at radius 3 is 2.48 bits per heavy atom. The second kappa shape index (κ2) is 5.01. The molecular weight excluding hydrogens is 311 g/mol. The van der Waals surface area contributed by atoms with E-state index < -0.39 is 17.3 Å². The van der Waals surface area contributed by atoms with Gasteiger partial charge in [0.2, 0.25) is 0 Å².